The minimum absolute atomic E-state index is 0.0654. The summed E-state index contributed by atoms with van der Waals surface area (Å²) in [6, 6.07) is 6.83. The van der Waals surface area contributed by atoms with Crippen molar-refractivity contribution >= 4 is 22.6 Å². The minimum atomic E-state index is -0.0654. The van der Waals surface area contributed by atoms with Crippen LogP contribution in [0.15, 0.2) is 18.2 Å². The molecule has 0 fully saturated rings. The van der Waals surface area contributed by atoms with Crippen LogP contribution in [0.3, 0.4) is 0 Å². The van der Waals surface area contributed by atoms with Crippen LogP contribution in [-0.2, 0) is 0 Å². The van der Waals surface area contributed by atoms with Gasteiger partial charge in [0.05, 0.1) is 16.4 Å². The van der Waals surface area contributed by atoms with E-state index in [4.69, 9.17) is 16.6 Å². The SMILES string of the molecule is Cc1cccc2c1nc(C(C)Cl)n2C(C)CCCC(C)C. The number of hydrogen-bond acceptors (Lipinski definition) is 1. The van der Waals surface area contributed by atoms with Gasteiger partial charge in [-0.2, -0.15) is 0 Å². The average molecular weight is 307 g/mol. The lowest BCUT2D eigenvalue weighted by molar-refractivity contribution is 0.444. The number of imidazole rings is 1. The number of halogens is 1. The zero-order valence-corrected chi connectivity index (χ0v) is 14.6. The van der Waals surface area contributed by atoms with Crippen LogP contribution < -0.4 is 0 Å². The Hall–Kier alpha value is -1.02. The quantitative estimate of drug-likeness (QED) is 0.596. The van der Waals surface area contributed by atoms with Crippen molar-refractivity contribution in [2.75, 3.05) is 0 Å². The van der Waals surface area contributed by atoms with Crippen LogP contribution in [0, 0.1) is 12.8 Å². The van der Waals surface area contributed by atoms with Crippen LogP contribution in [0.5, 0.6) is 0 Å². The molecule has 116 valence electrons. The molecule has 2 nitrogen and oxygen atoms in total. The number of fused-ring (bicyclic) bond motifs is 1. The highest BCUT2D eigenvalue weighted by Gasteiger charge is 2.19. The van der Waals surface area contributed by atoms with E-state index in [0.29, 0.717) is 6.04 Å². The third-order valence-corrected chi connectivity index (χ3v) is 4.34. The van der Waals surface area contributed by atoms with Crippen LogP contribution in [0.4, 0.5) is 0 Å². The maximum atomic E-state index is 6.38. The Morgan fingerprint density at radius 1 is 1.14 bits per heavy atom. The zero-order valence-electron chi connectivity index (χ0n) is 13.9. The lowest BCUT2D eigenvalue weighted by Gasteiger charge is -2.19. The molecule has 1 aromatic heterocycles. The molecule has 2 atom stereocenters. The number of alkyl halides is 1. The van der Waals surface area contributed by atoms with Gasteiger partial charge in [0.2, 0.25) is 0 Å². The molecule has 21 heavy (non-hydrogen) atoms. The second-order valence-corrected chi connectivity index (χ2v) is 7.23. The van der Waals surface area contributed by atoms with E-state index < -0.39 is 0 Å². The second-order valence-electron chi connectivity index (χ2n) is 6.57. The molecule has 0 saturated carbocycles. The fourth-order valence-corrected chi connectivity index (χ4v) is 3.12. The van der Waals surface area contributed by atoms with Crippen molar-refractivity contribution < 1.29 is 0 Å². The van der Waals surface area contributed by atoms with Crippen LogP contribution in [0.25, 0.3) is 11.0 Å². The first-order valence-electron chi connectivity index (χ1n) is 8.03. The molecule has 0 aliphatic rings. The Labute approximate surface area is 133 Å². The predicted molar refractivity (Wildman–Crippen MR) is 92.1 cm³/mol. The van der Waals surface area contributed by atoms with Crippen molar-refractivity contribution in [3.63, 3.8) is 0 Å². The summed E-state index contributed by atoms with van der Waals surface area (Å²) in [4.78, 5) is 4.81. The van der Waals surface area contributed by atoms with Crippen molar-refractivity contribution in [2.24, 2.45) is 5.92 Å². The Morgan fingerprint density at radius 2 is 1.86 bits per heavy atom. The zero-order chi connectivity index (χ0) is 15.6. The molecule has 0 aliphatic carbocycles. The van der Waals surface area contributed by atoms with E-state index in [1.54, 1.807) is 0 Å². The Balaban J connectivity index is 2.36. The summed E-state index contributed by atoms with van der Waals surface area (Å²) < 4.78 is 2.35. The number of aryl methyl sites for hydroxylation is 1. The van der Waals surface area contributed by atoms with Crippen LogP contribution in [0.1, 0.15) is 69.8 Å². The van der Waals surface area contributed by atoms with Gasteiger partial charge in [-0.25, -0.2) is 4.98 Å². The van der Waals surface area contributed by atoms with Gasteiger partial charge in [-0.15, -0.1) is 11.6 Å². The van der Waals surface area contributed by atoms with Gasteiger partial charge in [0.25, 0.3) is 0 Å². The molecule has 0 saturated heterocycles. The van der Waals surface area contributed by atoms with Crippen LogP contribution in [0.2, 0.25) is 0 Å². The molecule has 2 unspecified atom stereocenters. The van der Waals surface area contributed by atoms with Gasteiger partial charge in [-0.05, 0) is 44.7 Å². The maximum Gasteiger partial charge on any atom is 0.127 e. The van der Waals surface area contributed by atoms with Gasteiger partial charge in [0.15, 0.2) is 0 Å². The molecule has 2 aromatic rings. The lowest BCUT2D eigenvalue weighted by atomic mass is 10.0. The van der Waals surface area contributed by atoms with Crippen molar-refractivity contribution in [3.8, 4) is 0 Å². The first-order valence-corrected chi connectivity index (χ1v) is 8.47. The monoisotopic (exact) mass is 306 g/mol. The molecule has 0 radical (unpaired) electrons. The van der Waals surface area contributed by atoms with E-state index >= 15 is 0 Å². The van der Waals surface area contributed by atoms with E-state index in [9.17, 15) is 0 Å². The minimum Gasteiger partial charge on any atom is -0.324 e. The summed E-state index contributed by atoms with van der Waals surface area (Å²) in [5.74, 6) is 1.77. The van der Waals surface area contributed by atoms with Crippen LogP contribution in [-0.4, -0.2) is 9.55 Å². The number of para-hydroxylation sites is 1. The fraction of sp³-hybridized carbons (Fsp3) is 0.611. The van der Waals surface area contributed by atoms with Crippen molar-refractivity contribution in [3.05, 3.63) is 29.6 Å². The third-order valence-electron chi connectivity index (χ3n) is 4.15. The summed E-state index contributed by atoms with van der Waals surface area (Å²) >= 11 is 6.38. The molecule has 0 aliphatic heterocycles. The number of aromatic nitrogens is 2. The van der Waals surface area contributed by atoms with Gasteiger partial charge in [-0.1, -0.05) is 38.8 Å². The highest BCUT2D eigenvalue weighted by Crippen LogP contribution is 2.31. The smallest absolute Gasteiger partial charge is 0.127 e. The van der Waals surface area contributed by atoms with Gasteiger partial charge in [-0.3, -0.25) is 0 Å². The Bertz CT molecular complexity index is 599. The summed E-state index contributed by atoms with van der Waals surface area (Å²) in [5.41, 5.74) is 3.53. The van der Waals surface area contributed by atoms with E-state index in [1.807, 2.05) is 6.92 Å². The van der Waals surface area contributed by atoms with E-state index in [0.717, 1.165) is 17.3 Å². The molecule has 1 heterocycles. The standard InChI is InChI=1S/C18H27ClN2/c1-12(2)8-6-10-14(4)21-16-11-7-9-13(3)17(16)20-18(21)15(5)19/h7,9,11-12,14-15H,6,8,10H2,1-5H3. The Morgan fingerprint density at radius 3 is 2.48 bits per heavy atom. The van der Waals surface area contributed by atoms with Gasteiger partial charge < -0.3 is 4.57 Å². The molecule has 3 heteroatoms. The lowest BCUT2D eigenvalue weighted by Crippen LogP contribution is -2.10. The van der Waals surface area contributed by atoms with Crippen LogP contribution >= 0.6 is 11.6 Å². The van der Waals surface area contributed by atoms with E-state index in [-0.39, 0.29) is 5.38 Å². The first-order chi connectivity index (χ1) is 9.91. The van der Waals surface area contributed by atoms with E-state index in [2.05, 4.69) is 50.5 Å². The molecular weight excluding hydrogens is 280 g/mol. The molecular formula is C18H27ClN2. The topological polar surface area (TPSA) is 17.8 Å². The van der Waals surface area contributed by atoms with Crippen molar-refractivity contribution in [1.82, 2.24) is 9.55 Å². The normalized spacial score (nSPS) is 14.8. The summed E-state index contributed by atoms with van der Waals surface area (Å²) in [6.07, 6.45) is 3.70. The second kappa shape index (κ2) is 6.83. The number of benzene rings is 1. The molecule has 0 N–H and O–H groups in total. The number of rotatable bonds is 6. The van der Waals surface area contributed by atoms with Gasteiger partial charge >= 0.3 is 0 Å². The average Bonchev–Trinajstić information content (AvgIpc) is 2.79. The van der Waals surface area contributed by atoms with E-state index in [1.165, 1.54) is 30.3 Å². The maximum absolute atomic E-state index is 6.38. The highest BCUT2D eigenvalue weighted by molar-refractivity contribution is 6.20. The molecule has 0 bridgehead atoms. The molecule has 0 amide bonds. The van der Waals surface area contributed by atoms with Gasteiger partial charge in [0, 0.05) is 6.04 Å². The largest absolute Gasteiger partial charge is 0.324 e. The number of hydrogen-bond donors (Lipinski definition) is 0. The summed E-state index contributed by atoms with van der Waals surface area (Å²) in [6.45, 7) is 11.0. The summed E-state index contributed by atoms with van der Waals surface area (Å²) in [7, 11) is 0. The predicted octanol–water partition coefficient (Wildman–Crippen LogP) is 6.03. The van der Waals surface area contributed by atoms with Crippen molar-refractivity contribution in [2.45, 2.75) is 65.3 Å². The highest BCUT2D eigenvalue weighted by atomic mass is 35.5. The number of nitrogens with zero attached hydrogens (tertiary/aromatic N) is 2. The summed E-state index contributed by atoms with van der Waals surface area (Å²) in [5, 5.41) is -0.0654. The third kappa shape index (κ3) is 3.60. The fourth-order valence-electron chi connectivity index (χ4n) is 2.97. The Kier molecular flexibility index (Phi) is 5.32. The molecule has 2 rings (SSSR count). The van der Waals surface area contributed by atoms with Crippen molar-refractivity contribution in [1.29, 1.82) is 0 Å². The molecule has 0 spiro atoms. The molecule has 1 aromatic carbocycles. The first kappa shape index (κ1) is 16.4. The van der Waals surface area contributed by atoms with Gasteiger partial charge in [0.1, 0.15) is 5.82 Å².